The molecule has 1 aromatic heterocycles. The maximum Gasteiger partial charge on any atom is 0.408 e. The number of amides is 4. The molecular formula is C46H60N6O10S. The number of allylic oxidation sites excluding steroid dienone is 1. The Morgan fingerprint density at radius 3 is 2.59 bits per heavy atom. The summed E-state index contributed by atoms with van der Waals surface area (Å²) in [5.41, 5.74) is -1.39. The average molecular weight is 889 g/mol. The van der Waals surface area contributed by atoms with Gasteiger partial charge in [-0.05, 0) is 97.8 Å². The van der Waals surface area contributed by atoms with Gasteiger partial charge in [-0.1, -0.05) is 36.8 Å². The molecule has 0 bridgehead atoms. The zero-order chi connectivity index (χ0) is 44.8. The molecule has 4 amide bonds. The minimum Gasteiger partial charge on any atom is -0.492 e. The van der Waals surface area contributed by atoms with E-state index in [1.165, 1.54) is 4.90 Å². The summed E-state index contributed by atoms with van der Waals surface area (Å²) in [5, 5.41) is 6.54. The first-order valence-corrected chi connectivity index (χ1v) is 23.8. The van der Waals surface area contributed by atoms with Crippen LogP contribution in [0.5, 0.6) is 11.5 Å². The highest BCUT2D eigenvalue weighted by atomic mass is 32.2. The van der Waals surface area contributed by atoms with Crippen LogP contribution in [0, 0.1) is 24.7 Å². The first kappa shape index (κ1) is 44.7. The highest BCUT2D eigenvalue weighted by Gasteiger charge is 2.58. The average Bonchev–Trinajstić information content (AvgIpc) is 3.89. The molecule has 63 heavy (non-hydrogen) atoms. The number of morpholine rings is 1. The van der Waals surface area contributed by atoms with Crippen molar-refractivity contribution in [3.8, 4) is 23.3 Å². The molecule has 2 aliphatic carbocycles. The van der Waals surface area contributed by atoms with Crippen LogP contribution in [0.15, 0.2) is 30.4 Å². The topological polar surface area (TPSA) is 195 Å². The number of carbonyl (C=O) groups excluding carboxylic acids is 4. The van der Waals surface area contributed by atoms with E-state index in [0.29, 0.717) is 82.0 Å². The predicted molar refractivity (Wildman–Crippen MR) is 233 cm³/mol. The SMILES string of the molecule is Cc1nc2ccc(OCCN3CCOCC3)cc2c2c1O[C@]1(CC2)C[C@H]2C(=O)N[C@]3(C(=O)NS(=O)(=O)C4(C)CC4)C#C[C@H]3/C=C\CCCCC[C@H](NC(=O)OC(C)(C)C)C(=O)N2C1. The van der Waals surface area contributed by atoms with E-state index >= 15 is 0 Å². The molecule has 17 heteroatoms. The van der Waals surface area contributed by atoms with Crippen molar-refractivity contribution in [2.45, 2.75) is 132 Å². The molecule has 1 aromatic carbocycles. The third-order valence-electron chi connectivity index (χ3n) is 13.2. The van der Waals surface area contributed by atoms with E-state index in [4.69, 9.17) is 23.9 Å². The number of nitrogens with one attached hydrogen (secondary N) is 3. The number of nitrogens with zero attached hydrogens (tertiary/aromatic N) is 3. The van der Waals surface area contributed by atoms with E-state index in [1.54, 1.807) is 33.8 Å². The number of rotatable bonds is 8. The Hall–Kier alpha value is -4.92. The van der Waals surface area contributed by atoms with Crippen LogP contribution in [0.1, 0.15) is 96.7 Å². The van der Waals surface area contributed by atoms with Gasteiger partial charge in [0, 0.05) is 37.0 Å². The summed E-state index contributed by atoms with van der Waals surface area (Å²) in [4.78, 5) is 65.8. The van der Waals surface area contributed by atoms with Gasteiger partial charge >= 0.3 is 6.09 Å². The minimum absolute atomic E-state index is 0.00103. The Morgan fingerprint density at radius 1 is 1.10 bits per heavy atom. The molecular weight excluding hydrogens is 829 g/mol. The van der Waals surface area contributed by atoms with Crippen LogP contribution in [0.4, 0.5) is 4.79 Å². The fourth-order valence-corrected chi connectivity index (χ4v) is 10.4. The number of alkyl carbamates (subject to hydrolysis) is 1. The molecule has 1 saturated carbocycles. The summed E-state index contributed by atoms with van der Waals surface area (Å²) in [6.07, 6.45) is 7.71. The van der Waals surface area contributed by atoms with Crippen molar-refractivity contribution in [1.29, 1.82) is 0 Å². The number of carbonyl (C=O) groups is 4. The van der Waals surface area contributed by atoms with E-state index in [1.807, 2.05) is 31.2 Å². The molecule has 16 nitrogen and oxygen atoms in total. The Kier molecular flexibility index (Phi) is 12.2. The van der Waals surface area contributed by atoms with Crippen LogP contribution in [-0.2, 0) is 40.3 Å². The van der Waals surface area contributed by atoms with Crippen LogP contribution in [0.3, 0.4) is 0 Å². The number of aryl methyl sites for hydroxylation is 2. The second kappa shape index (κ2) is 17.2. The fourth-order valence-electron chi connectivity index (χ4n) is 9.14. The number of pyridine rings is 1. The van der Waals surface area contributed by atoms with Crippen molar-refractivity contribution >= 4 is 44.7 Å². The molecule has 6 aliphatic rings. The van der Waals surface area contributed by atoms with Crippen molar-refractivity contribution in [3.05, 3.63) is 41.6 Å². The van der Waals surface area contributed by atoms with E-state index < -0.39 is 73.3 Å². The second-order valence-corrected chi connectivity index (χ2v) is 21.3. The Labute approximate surface area is 369 Å². The van der Waals surface area contributed by atoms with Gasteiger partial charge in [-0.2, -0.15) is 0 Å². The highest BCUT2D eigenvalue weighted by molar-refractivity contribution is 7.91. The molecule has 340 valence electrons. The van der Waals surface area contributed by atoms with Crippen molar-refractivity contribution < 1.29 is 46.5 Å². The summed E-state index contributed by atoms with van der Waals surface area (Å²) >= 11 is 0. The van der Waals surface area contributed by atoms with Crippen LogP contribution in [0.25, 0.3) is 10.9 Å². The number of aromatic nitrogens is 1. The van der Waals surface area contributed by atoms with E-state index in [0.717, 1.165) is 48.9 Å². The van der Waals surface area contributed by atoms with Crippen LogP contribution in [0.2, 0.25) is 0 Å². The Morgan fingerprint density at radius 2 is 1.87 bits per heavy atom. The lowest BCUT2D eigenvalue weighted by molar-refractivity contribution is -0.142. The first-order valence-electron chi connectivity index (χ1n) is 22.3. The predicted octanol–water partition coefficient (Wildman–Crippen LogP) is 3.82. The summed E-state index contributed by atoms with van der Waals surface area (Å²) in [5.74, 6) is 4.12. The van der Waals surface area contributed by atoms with Gasteiger partial charge in [0.1, 0.15) is 41.4 Å². The van der Waals surface area contributed by atoms with Gasteiger partial charge in [0.05, 0.1) is 41.6 Å². The van der Waals surface area contributed by atoms with Gasteiger partial charge in [0.2, 0.25) is 21.8 Å². The fraction of sp³-hybridized carbons (Fsp3) is 0.630. The monoisotopic (exact) mass is 888 g/mol. The summed E-state index contributed by atoms with van der Waals surface area (Å²) in [6, 6.07) is 3.64. The normalized spacial score (nSPS) is 28.8. The van der Waals surface area contributed by atoms with Crippen molar-refractivity contribution in [2.75, 3.05) is 46.0 Å². The largest absolute Gasteiger partial charge is 0.492 e. The van der Waals surface area contributed by atoms with Crippen LogP contribution >= 0.6 is 0 Å². The minimum atomic E-state index is -4.09. The lowest BCUT2D eigenvalue weighted by atomic mass is 9.75. The third-order valence-corrected chi connectivity index (χ3v) is 15.3. The highest BCUT2D eigenvalue weighted by Crippen LogP contribution is 2.46. The van der Waals surface area contributed by atoms with Gasteiger partial charge < -0.3 is 34.5 Å². The molecule has 5 heterocycles. The Bertz CT molecular complexity index is 2360. The van der Waals surface area contributed by atoms with E-state index in [-0.39, 0.29) is 13.0 Å². The van der Waals surface area contributed by atoms with Gasteiger partial charge in [-0.3, -0.25) is 19.3 Å². The summed E-state index contributed by atoms with van der Waals surface area (Å²) in [6.45, 7) is 13.1. The maximum atomic E-state index is 14.9. The number of ether oxygens (including phenoxy) is 4. The Balaban J connectivity index is 1.10. The second-order valence-electron chi connectivity index (χ2n) is 19.2. The number of sulfonamides is 1. The molecule has 4 aliphatic heterocycles. The number of hydrogen-bond donors (Lipinski definition) is 3. The zero-order valence-electron chi connectivity index (χ0n) is 37.0. The number of fused-ring (bicyclic) bond motifs is 5. The summed E-state index contributed by atoms with van der Waals surface area (Å²) < 4.78 is 52.1. The van der Waals surface area contributed by atoms with Gasteiger partial charge in [0.15, 0.2) is 5.54 Å². The molecule has 3 fully saturated rings. The van der Waals surface area contributed by atoms with Crippen molar-refractivity contribution in [3.63, 3.8) is 0 Å². The molecule has 8 rings (SSSR count). The lowest BCUT2D eigenvalue weighted by Gasteiger charge is -2.38. The molecule has 5 atom stereocenters. The maximum absolute atomic E-state index is 14.9. The molecule has 0 radical (unpaired) electrons. The smallest absolute Gasteiger partial charge is 0.408 e. The molecule has 1 spiro atoms. The lowest BCUT2D eigenvalue weighted by Crippen LogP contribution is -2.68. The van der Waals surface area contributed by atoms with Crippen LogP contribution < -0.4 is 24.8 Å². The zero-order valence-corrected chi connectivity index (χ0v) is 37.8. The molecule has 3 N–H and O–H groups in total. The molecule has 2 aromatic rings. The van der Waals surface area contributed by atoms with E-state index in [9.17, 15) is 27.6 Å². The molecule has 0 unspecified atom stereocenters. The number of benzene rings is 1. The first-order chi connectivity index (χ1) is 29.9. The van der Waals surface area contributed by atoms with E-state index in [2.05, 4.69) is 32.1 Å². The van der Waals surface area contributed by atoms with Gasteiger partial charge in [-0.25, -0.2) is 22.9 Å². The van der Waals surface area contributed by atoms with Gasteiger partial charge in [0.25, 0.3) is 5.91 Å². The quantitative estimate of drug-likeness (QED) is 0.257. The summed E-state index contributed by atoms with van der Waals surface area (Å²) in [7, 11) is -4.09. The van der Waals surface area contributed by atoms with Gasteiger partial charge in [-0.15, -0.1) is 0 Å². The number of hydrogen-bond acceptors (Lipinski definition) is 12. The van der Waals surface area contributed by atoms with Crippen molar-refractivity contribution in [1.82, 2.24) is 30.1 Å². The third kappa shape index (κ3) is 9.35. The van der Waals surface area contributed by atoms with Crippen LogP contribution in [-0.4, -0.2) is 127 Å². The molecule has 2 saturated heterocycles. The standard InChI is InChI=1S/C46H60N6O10S/c1-30-38-33(34-27-32(13-14-35(34)47-30)60-26-23-51-21-24-59-25-22-51)16-17-45(61-38)28-37-39(53)49-46(41(55)50-63(57,58)44(5)19-20-44)18-15-31(46)11-9-7-6-8-10-12-36(40(54)52(37)29-45)48-42(56)62-43(2,3)4/h9,11,13-14,27,31,36-37H,6-8,10,12,16-17,19-26,28-29H2,1-5H3,(H,48,56)(H,49,53)(H,50,55)/b11-9-/t31-,36+,37+,45-,46-/m1/s1. The van der Waals surface area contributed by atoms with Crippen molar-refractivity contribution in [2.24, 2.45) is 5.92 Å².